The van der Waals surface area contributed by atoms with Crippen molar-refractivity contribution < 1.29 is 23.2 Å². The minimum atomic E-state index is -3.69. The van der Waals surface area contributed by atoms with Crippen LogP contribution in [0.2, 0.25) is 0 Å². The molecule has 7 heteroatoms. The maximum Gasteiger partial charge on any atom is 0.264 e. The number of ether oxygens (including phenoxy) is 1. The van der Waals surface area contributed by atoms with Crippen LogP contribution in [0.25, 0.3) is 11.1 Å². The van der Waals surface area contributed by atoms with Gasteiger partial charge in [-0.3, -0.25) is 10.0 Å². The van der Waals surface area contributed by atoms with Gasteiger partial charge in [0.05, 0.1) is 7.11 Å². The molecule has 0 aliphatic rings. The summed E-state index contributed by atoms with van der Waals surface area (Å²) in [5.74, 6) is -0.157. The van der Waals surface area contributed by atoms with Gasteiger partial charge in [-0.1, -0.05) is 42.5 Å². The van der Waals surface area contributed by atoms with Crippen LogP contribution in [0.5, 0.6) is 5.75 Å². The van der Waals surface area contributed by atoms with E-state index in [1.165, 1.54) is 12.4 Å². The summed E-state index contributed by atoms with van der Waals surface area (Å²) in [7, 11) is -2.08. The average Bonchev–Trinajstić information content (AvgIpc) is 2.64. The topological polar surface area (TPSA) is 92.7 Å². The third-order valence-electron chi connectivity index (χ3n) is 4.66. The molecule has 2 aromatic rings. The van der Waals surface area contributed by atoms with E-state index in [9.17, 15) is 13.2 Å². The third-order valence-corrected chi connectivity index (χ3v) is 6.69. The Morgan fingerprint density at radius 2 is 1.77 bits per heavy atom. The van der Waals surface area contributed by atoms with Gasteiger partial charge in [-0.05, 0) is 37.0 Å². The van der Waals surface area contributed by atoms with Crippen LogP contribution in [0.1, 0.15) is 18.9 Å². The van der Waals surface area contributed by atoms with Crippen LogP contribution in [0.3, 0.4) is 0 Å². The zero-order valence-corrected chi connectivity index (χ0v) is 15.8. The molecule has 2 rings (SSSR count). The maximum absolute atomic E-state index is 12.0. The fourth-order valence-corrected chi connectivity index (χ4v) is 3.56. The molecule has 1 amide bonds. The van der Waals surface area contributed by atoms with Gasteiger partial charge in [0.1, 0.15) is 10.5 Å². The molecule has 0 fully saturated rings. The maximum atomic E-state index is 12.0. The summed E-state index contributed by atoms with van der Waals surface area (Å²) >= 11 is 0. The van der Waals surface area contributed by atoms with E-state index in [4.69, 9.17) is 9.94 Å². The number of hydroxylamine groups is 1. The number of aryl methyl sites for hydroxylation is 1. The lowest BCUT2D eigenvalue weighted by Crippen LogP contribution is -2.49. The molecule has 26 heavy (non-hydrogen) atoms. The van der Waals surface area contributed by atoms with Gasteiger partial charge in [0.2, 0.25) is 0 Å². The zero-order valence-electron chi connectivity index (χ0n) is 15.0. The van der Waals surface area contributed by atoms with Crippen LogP contribution in [-0.4, -0.2) is 37.6 Å². The van der Waals surface area contributed by atoms with Crippen LogP contribution >= 0.6 is 0 Å². The summed E-state index contributed by atoms with van der Waals surface area (Å²) in [5, 5.41) is 8.87. The molecule has 2 aromatic carbocycles. The standard InChI is InChI=1S/C19H23NO5S/c1-19(18(21)20-22,26(3,23)24)13-12-14-8-10-15(11-9-14)16-6-4-5-7-17(16)25-2/h4-11,22H,12-13H2,1-3H3,(H,20,21)/t19-/m1/s1. The molecule has 0 saturated carbocycles. The summed E-state index contributed by atoms with van der Waals surface area (Å²) in [4.78, 5) is 11.9. The summed E-state index contributed by atoms with van der Waals surface area (Å²) in [6.07, 6.45) is 1.43. The fourth-order valence-electron chi connectivity index (χ4n) is 2.70. The van der Waals surface area contributed by atoms with Crippen molar-refractivity contribution in [2.45, 2.75) is 24.5 Å². The van der Waals surface area contributed by atoms with Crippen LogP contribution in [0.15, 0.2) is 48.5 Å². The van der Waals surface area contributed by atoms with E-state index in [0.717, 1.165) is 28.7 Å². The molecule has 0 saturated heterocycles. The largest absolute Gasteiger partial charge is 0.496 e. The Morgan fingerprint density at radius 1 is 1.15 bits per heavy atom. The number of benzene rings is 2. The lowest BCUT2D eigenvalue weighted by atomic mass is 9.97. The fraction of sp³-hybridized carbons (Fsp3) is 0.316. The first-order valence-electron chi connectivity index (χ1n) is 8.09. The van der Waals surface area contributed by atoms with E-state index in [1.54, 1.807) is 7.11 Å². The minimum absolute atomic E-state index is 0.0617. The van der Waals surface area contributed by atoms with Crippen molar-refractivity contribution in [3.05, 3.63) is 54.1 Å². The van der Waals surface area contributed by atoms with E-state index in [0.29, 0.717) is 6.42 Å². The predicted molar refractivity (Wildman–Crippen MR) is 99.9 cm³/mol. The van der Waals surface area contributed by atoms with Crippen LogP contribution < -0.4 is 10.2 Å². The van der Waals surface area contributed by atoms with Crippen LogP contribution in [0, 0.1) is 0 Å². The lowest BCUT2D eigenvalue weighted by Gasteiger charge is -2.25. The lowest BCUT2D eigenvalue weighted by molar-refractivity contribution is -0.131. The number of methoxy groups -OCH3 is 1. The van der Waals surface area contributed by atoms with Gasteiger partial charge >= 0.3 is 0 Å². The van der Waals surface area contributed by atoms with Crippen molar-refractivity contribution in [1.29, 1.82) is 0 Å². The van der Waals surface area contributed by atoms with Gasteiger partial charge in [0.25, 0.3) is 5.91 Å². The number of amides is 1. The Balaban J connectivity index is 2.20. The Morgan fingerprint density at radius 3 is 2.31 bits per heavy atom. The van der Waals surface area contributed by atoms with Crippen molar-refractivity contribution in [2.24, 2.45) is 0 Å². The number of carbonyl (C=O) groups is 1. The average molecular weight is 377 g/mol. The number of hydrogen-bond donors (Lipinski definition) is 2. The number of nitrogens with one attached hydrogen (secondary N) is 1. The summed E-state index contributed by atoms with van der Waals surface area (Å²) in [6, 6.07) is 15.3. The summed E-state index contributed by atoms with van der Waals surface area (Å²) in [6.45, 7) is 1.32. The number of para-hydroxylation sites is 1. The van der Waals surface area contributed by atoms with Crippen LogP contribution in [-0.2, 0) is 21.1 Å². The highest BCUT2D eigenvalue weighted by Crippen LogP contribution is 2.30. The van der Waals surface area contributed by atoms with Gasteiger partial charge in [0.15, 0.2) is 9.84 Å². The van der Waals surface area contributed by atoms with Crippen molar-refractivity contribution in [1.82, 2.24) is 5.48 Å². The van der Waals surface area contributed by atoms with Crippen molar-refractivity contribution in [3.63, 3.8) is 0 Å². The number of hydrogen-bond acceptors (Lipinski definition) is 5. The molecule has 0 aliphatic carbocycles. The molecule has 6 nitrogen and oxygen atoms in total. The smallest absolute Gasteiger partial charge is 0.264 e. The van der Waals surface area contributed by atoms with Gasteiger partial charge < -0.3 is 4.74 Å². The second kappa shape index (κ2) is 7.88. The van der Waals surface area contributed by atoms with Gasteiger partial charge in [-0.2, -0.15) is 0 Å². The predicted octanol–water partition coefficient (Wildman–Crippen LogP) is 2.60. The number of sulfone groups is 1. The molecular formula is C19H23NO5S. The van der Waals surface area contributed by atoms with Crippen molar-refractivity contribution >= 4 is 15.7 Å². The second-order valence-electron chi connectivity index (χ2n) is 6.34. The first-order chi connectivity index (χ1) is 12.2. The van der Waals surface area contributed by atoms with Crippen LogP contribution in [0.4, 0.5) is 0 Å². The number of carbonyl (C=O) groups excluding carboxylic acids is 1. The van der Waals surface area contributed by atoms with E-state index in [-0.39, 0.29) is 6.42 Å². The quantitative estimate of drug-likeness (QED) is 0.571. The van der Waals surface area contributed by atoms with E-state index >= 15 is 0 Å². The van der Waals surface area contributed by atoms with Gasteiger partial charge in [-0.25, -0.2) is 13.9 Å². The van der Waals surface area contributed by atoms with E-state index < -0.39 is 20.5 Å². The molecular weight excluding hydrogens is 354 g/mol. The highest BCUT2D eigenvalue weighted by atomic mass is 32.2. The molecule has 0 aliphatic heterocycles. The summed E-state index contributed by atoms with van der Waals surface area (Å²) < 4.78 is 27.7. The molecule has 140 valence electrons. The molecule has 0 spiro atoms. The zero-order chi connectivity index (χ0) is 19.4. The Kier molecular flexibility index (Phi) is 6.05. The van der Waals surface area contributed by atoms with E-state index in [2.05, 4.69) is 0 Å². The molecule has 0 heterocycles. The highest BCUT2D eigenvalue weighted by molar-refractivity contribution is 7.92. The molecule has 0 aromatic heterocycles. The molecule has 1 atom stereocenters. The Bertz CT molecular complexity index is 877. The Labute approximate surface area is 153 Å². The highest BCUT2D eigenvalue weighted by Gasteiger charge is 2.43. The normalized spacial score (nSPS) is 13.7. The Hall–Kier alpha value is -2.38. The first kappa shape index (κ1) is 19.9. The van der Waals surface area contributed by atoms with E-state index in [1.807, 2.05) is 48.5 Å². The molecule has 0 unspecified atom stereocenters. The molecule has 0 bridgehead atoms. The first-order valence-corrected chi connectivity index (χ1v) is 9.98. The monoisotopic (exact) mass is 377 g/mol. The second-order valence-corrected chi connectivity index (χ2v) is 8.79. The van der Waals surface area contributed by atoms with Crippen molar-refractivity contribution in [3.8, 4) is 16.9 Å². The number of rotatable bonds is 7. The third kappa shape index (κ3) is 4.05. The minimum Gasteiger partial charge on any atom is -0.496 e. The molecule has 2 N–H and O–H groups in total. The SMILES string of the molecule is COc1ccccc1-c1ccc(CC[C@](C)(C(=O)NO)S(C)(=O)=O)cc1. The molecule has 0 radical (unpaired) electrons. The van der Waals surface area contributed by atoms with Crippen molar-refractivity contribution in [2.75, 3.05) is 13.4 Å². The van der Waals surface area contributed by atoms with Gasteiger partial charge in [-0.15, -0.1) is 0 Å². The summed E-state index contributed by atoms with van der Waals surface area (Å²) in [5.41, 5.74) is 4.29. The van der Waals surface area contributed by atoms with Gasteiger partial charge in [0, 0.05) is 11.8 Å².